The van der Waals surface area contributed by atoms with E-state index >= 15 is 0 Å². The van der Waals surface area contributed by atoms with Gasteiger partial charge in [0.15, 0.2) is 5.16 Å². The molecule has 0 saturated carbocycles. The molecule has 0 spiro atoms. The number of ether oxygens (including phenoxy) is 1. The summed E-state index contributed by atoms with van der Waals surface area (Å²) < 4.78 is 7.58. The highest BCUT2D eigenvalue weighted by molar-refractivity contribution is 7.99. The van der Waals surface area contributed by atoms with Crippen molar-refractivity contribution in [2.24, 2.45) is 0 Å². The van der Waals surface area contributed by atoms with Gasteiger partial charge < -0.3 is 14.4 Å². The lowest BCUT2D eigenvalue weighted by Crippen LogP contribution is -2.37. The molecule has 2 rings (SSSR count). The Bertz CT molecular complexity index is 439. The van der Waals surface area contributed by atoms with Crippen LogP contribution in [-0.4, -0.2) is 39.6 Å². The molecule has 0 atom stereocenters. The van der Waals surface area contributed by atoms with E-state index in [1.165, 1.54) is 11.8 Å². The molecule has 0 unspecified atom stereocenters. The van der Waals surface area contributed by atoms with E-state index in [1.54, 1.807) is 0 Å². The minimum atomic E-state index is -0.815. The number of imidazole rings is 1. The number of hydrogen-bond donors (Lipinski definition) is 1. The fourth-order valence-corrected chi connectivity index (χ4v) is 3.21. The summed E-state index contributed by atoms with van der Waals surface area (Å²) in [5, 5.41) is 9.56. The summed E-state index contributed by atoms with van der Waals surface area (Å²) in [4.78, 5) is 15.0. The van der Waals surface area contributed by atoms with Crippen LogP contribution in [0.4, 0.5) is 0 Å². The predicted molar refractivity (Wildman–Crippen MR) is 69.0 cm³/mol. The van der Waals surface area contributed by atoms with Crippen molar-refractivity contribution in [3.05, 3.63) is 11.9 Å². The Kier molecular flexibility index (Phi) is 3.97. The molecule has 0 aliphatic carbocycles. The molecule has 1 aromatic rings. The zero-order chi connectivity index (χ0) is 13.2. The number of thioether (sulfide) groups is 1. The number of carbonyl (C=O) groups is 1. The van der Waals surface area contributed by atoms with Gasteiger partial charge in [0.2, 0.25) is 0 Å². The van der Waals surface area contributed by atoms with Crippen molar-refractivity contribution >= 4 is 17.7 Å². The molecule has 100 valence electrons. The fourth-order valence-electron chi connectivity index (χ4n) is 2.33. The maximum absolute atomic E-state index is 10.7. The maximum atomic E-state index is 10.7. The number of rotatable bonds is 4. The van der Waals surface area contributed by atoms with Gasteiger partial charge in [0.05, 0.1) is 5.75 Å². The first-order chi connectivity index (χ1) is 8.53. The fraction of sp³-hybridized carbons (Fsp3) is 0.667. The molecule has 1 saturated heterocycles. The van der Waals surface area contributed by atoms with Gasteiger partial charge in [-0.1, -0.05) is 11.8 Å². The second-order valence-electron chi connectivity index (χ2n) is 4.81. The lowest BCUT2D eigenvalue weighted by molar-refractivity contribution is -0.133. The zero-order valence-electron chi connectivity index (χ0n) is 10.7. The van der Waals surface area contributed by atoms with Crippen LogP contribution in [0.3, 0.4) is 0 Å². The van der Waals surface area contributed by atoms with Crippen molar-refractivity contribution in [2.75, 3.05) is 19.0 Å². The summed E-state index contributed by atoms with van der Waals surface area (Å²) in [6.07, 6.45) is 3.68. The van der Waals surface area contributed by atoms with E-state index in [1.807, 2.05) is 13.1 Å². The molecule has 0 amide bonds. The van der Waals surface area contributed by atoms with E-state index < -0.39 is 5.97 Å². The lowest BCUT2D eigenvalue weighted by Gasteiger charge is -2.37. The summed E-state index contributed by atoms with van der Waals surface area (Å²) in [5.41, 5.74) is 1.06. The lowest BCUT2D eigenvalue weighted by atomic mass is 9.92. The second-order valence-corrected chi connectivity index (χ2v) is 5.75. The first kappa shape index (κ1) is 13.4. The standard InChI is InChI=1S/C12H18N2O3S/c1-9-7-13-11(18-8-10(15)16)14(9)12(2)3-5-17-6-4-12/h7H,3-6,8H2,1-2H3,(H,15,16). The molecule has 1 aliphatic heterocycles. The maximum Gasteiger partial charge on any atom is 0.313 e. The first-order valence-electron chi connectivity index (χ1n) is 6.00. The molecule has 5 nitrogen and oxygen atoms in total. The van der Waals surface area contributed by atoms with Gasteiger partial charge in [-0.25, -0.2) is 4.98 Å². The molecular weight excluding hydrogens is 252 g/mol. The van der Waals surface area contributed by atoms with E-state index in [0.29, 0.717) is 0 Å². The van der Waals surface area contributed by atoms with E-state index in [-0.39, 0.29) is 11.3 Å². The molecule has 18 heavy (non-hydrogen) atoms. The van der Waals surface area contributed by atoms with Crippen LogP contribution in [0.15, 0.2) is 11.4 Å². The number of nitrogens with zero attached hydrogens (tertiary/aromatic N) is 2. The van der Waals surface area contributed by atoms with Crippen LogP contribution in [-0.2, 0) is 15.1 Å². The number of aromatic nitrogens is 2. The van der Waals surface area contributed by atoms with Gasteiger partial charge in [-0.3, -0.25) is 4.79 Å². The Labute approximate surface area is 111 Å². The smallest absolute Gasteiger partial charge is 0.313 e. The highest BCUT2D eigenvalue weighted by Gasteiger charge is 2.32. The molecule has 1 N–H and O–H groups in total. The topological polar surface area (TPSA) is 64.3 Å². The number of carboxylic acid groups (broad SMARTS) is 1. The van der Waals surface area contributed by atoms with Crippen molar-refractivity contribution in [1.82, 2.24) is 9.55 Å². The number of aryl methyl sites for hydroxylation is 1. The quantitative estimate of drug-likeness (QED) is 0.846. The van der Waals surface area contributed by atoms with Gasteiger partial charge in [-0.2, -0.15) is 0 Å². The van der Waals surface area contributed by atoms with Crippen LogP contribution in [0.2, 0.25) is 0 Å². The van der Waals surface area contributed by atoms with Crippen molar-refractivity contribution in [3.8, 4) is 0 Å². The van der Waals surface area contributed by atoms with Crippen LogP contribution in [0.25, 0.3) is 0 Å². The van der Waals surface area contributed by atoms with Crippen molar-refractivity contribution in [2.45, 2.75) is 37.4 Å². The highest BCUT2D eigenvalue weighted by Crippen LogP contribution is 2.34. The van der Waals surface area contributed by atoms with Gasteiger partial charge in [-0.05, 0) is 26.7 Å². The molecule has 0 bridgehead atoms. The minimum Gasteiger partial charge on any atom is -0.481 e. The second kappa shape index (κ2) is 5.32. The van der Waals surface area contributed by atoms with Crippen molar-refractivity contribution < 1.29 is 14.6 Å². The summed E-state index contributed by atoms with van der Waals surface area (Å²) in [6, 6.07) is 0. The Morgan fingerprint density at radius 1 is 1.61 bits per heavy atom. The summed E-state index contributed by atoms with van der Waals surface area (Å²) >= 11 is 1.28. The Balaban J connectivity index is 2.25. The van der Waals surface area contributed by atoms with Gasteiger partial charge in [0.25, 0.3) is 0 Å². The normalized spacial score (nSPS) is 18.8. The average Bonchev–Trinajstić information content (AvgIpc) is 2.69. The molecule has 1 aromatic heterocycles. The third-order valence-electron chi connectivity index (χ3n) is 3.34. The third kappa shape index (κ3) is 2.70. The Morgan fingerprint density at radius 3 is 2.89 bits per heavy atom. The van der Waals surface area contributed by atoms with Crippen molar-refractivity contribution in [3.63, 3.8) is 0 Å². The van der Waals surface area contributed by atoms with Gasteiger partial charge >= 0.3 is 5.97 Å². The SMILES string of the molecule is Cc1cnc(SCC(=O)O)n1C1(C)CCOCC1. The average molecular weight is 270 g/mol. The van der Waals surface area contributed by atoms with Gasteiger partial charge in [0.1, 0.15) is 0 Å². The van der Waals surface area contributed by atoms with Crippen LogP contribution < -0.4 is 0 Å². The van der Waals surface area contributed by atoms with Gasteiger partial charge in [0, 0.05) is 30.6 Å². The number of carboxylic acids is 1. The minimum absolute atomic E-state index is 0.0142. The van der Waals surface area contributed by atoms with Crippen LogP contribution >= 0.6 is 11.8 Å². The van der Waals surface area contributed by atoms with Crippen LogP contribution in [0, 0.1) is 6.92 Å². The Hall–Kier alpha value is -1.01. The number of aliphatic carboxylic acids is 1. The first-order valence-corrected chi connectivity index (χ1v) is 6.99. The summed E-state index contributed by atoms with van der Waals surface area (Å²) in [5.74, 6) is -0.771. The summed E-state index contributed by atoms with van der Waals surface area (Å²) in [6.45, 7) is 5.70. The molecular formula is C12H18N2O3S. The third-order valence-corrected chi connectivity index (χ3v) is 4.28. The molecule has 6 heteroatoms. The van der Waals surface area contributed by atoms with E-state index in [9.17, 15) is 4.79 Å². The number of hydrogen-bond acceptors (Lipinski definition) is 4. The summed E-state index contributed by atoms with van der Waals surface area (Å²) in [7, 11) is 0. The van der Waals surface area contributed by atoms with E-state index in [0.717, 1.165) is 36.9 Å². The van der Waals surface area contributed by atoms with Crippen LogP contribution in [0.1, 0.15) is 25.5 Å². The Morgan fingerprint density at radius 2 is 2.28 bits per heavy atom. The van der Waals surface area contributed by atoms with Crippen LogP contribution in [0.5, 0.6) is 0 Å². The predicted octanol–water partition coefficient (Wildman–Crippen LogP) is 1.89. The highest BCUT2D eigenvalue weighted by atomic mass is 32.2. The molecule has 0 radical (unpaired) electrons. The monoisotopic (exact) mass is 270 g/mol. The molecule has 0 aromatic carbocycles. The molecule has 2 heterocycles. The van der Waals surface area contributed by atoms with E-state index in [4.69, 9.17) is 9.84 Å². The largest absolute Gasteiger partial charge is 0.481 e. The van der Waals surface area contributed by atoms with Crippen molar-refractivity contribution in [1.29, 1.82) is 0 Å². The zero-order valence-corrected chi connectivity index (χ0v) is 11.5. The van der Waals surface area contributed by atoms with E-state index in [2.05, 4.69) is 16.5 Å². The molecule has 1 fully saturated rings. The van der Waals surface area contributed by atoms with Gasteiger partial charge in [-0.15, -0.1) is 0 Å². The molecule has 1 aliphatic rings.